The first-order valence-electron chi connectivity index (χ1n) is 3.86. The summed E-state index contributed by atoms with van der Waals surface area (Å²) in [5.41, 5.74) is 0.00907. The molecule has 0 saturated carbocycles. The van der Waals surface area contributed by atoms with E-state index < -0.39 is 11.5 Å². The van der Waals surface area contributed by atoms with Crippen LogP contribution < -0.4 is 5.56 Å². The maximum atomic E-state index is 11.0. The van der Waals surface area contributed by atoms with E-state index in [-0.39, 0.29) is 5.56 Å². The van der Waals surface area contributed by atoms with Gasteiger partial charge in [-0.15, -0.1) is 0 Å². The van der Waals surface area contributed by atoms with Gasteiger partial charge in [0, 0.05) is 13.1 Å². The van der Waals surface area contributed by atoms with Crippen molar-refractivity contribution in [3.05, 3.63) is 27.7 Å². The fourth-order valence-corrected chi connectivity index (χ4v) is 1.03. The Kier molecular flexibility index (Phi) is 2.46. The highest BCUT2D eigenvalue weighted by Gasteiger charge is 2.11. The molecule has 1 aromatic heterocycles. The molecule has 0 aliphatic heterocycles. The summed E-state index contributed by atoms with van der Waals surface area (Å²) in [5, 5.41) is 12.6. The van der Waals surface area contributed by atoms with E-state index >= 15 is 0 Å². The van der Waals surface area contributed by atoms with Crippen LogP contribution in [0.2, 0.25) is 0 Å². The minimum absolute atomic E-state index is 0.00870. The monoisotopic (exact) mass is 182 g/mol. The van der Waals surface area contributed by atoms with Gasteiger partial charge in [-0.25, -0.2) is 9.48 Å². The summed E-state index contributed by atoms with van der Waals surface area (Å²) >= 11 is 0. The standard InChI is InChI=1S/C8H10N2O3/c1-3-6-5(8(12)13)4-7(11)10(2)9-6/h4H,3H2,1-2H3,(H,12,13). The number of carboxylic acid groups (broad SMARTS) is 1. The predicted octanol–water partition coefficient (Wildman–Crippen LogP) is 0.0409. The number of carboxylic acids is 1. The number of aromatic carboxylic acids is 1. The van der Waals surface area contributed by atoms with Gasteiger partial charge in [0.1, 0.15) is 0 Å². The molecule has 1 N–H and O–H groups in total. The van der Waals surface area contributed by atoms with Gasteiger partial charge in [0.25, 0.3) is 5.56 Å². The lowest BCUT2D eigenvalue weighted by molar-refractivity contribution is 0.0694. The Balaban J connectivity index is 3.42. The second kappa shape index (κ2) is 3.38. The van der Waals surface area contributed by atoms with E-state index in [0.29, 0.717) is 12.1 Å². The molecule has 0 amide bonds. The molecule has 0 radical (unpaired) electrons. The van der Waals surface area contributed by atoms with Crippen molar-refractivity contribution in [3.63, 3.8) is 0 Å². The van der Waals surface area contributed by atoms with Gasteiger partial charge < -0.3 is 5.11 Å². The van der Waals surface area contributed by atoms with Gasteiger partial charge >= 0.3 is 5.97 Å². The molecule has 5 nitrogen and oxygen atoms in total. The number of aryl methyl sites for hydroxylation is 2. The number of rotatable bonds is 2. The van der Waals surface area contributed by atoms with Crippen LogP contribution in [0.15, 0.2) is 10.9 Å². The first-order chi connectivity index (χ1) is 6.06. The highest BCUT2D eigenvalue weighted by Crippen LogP contribution is 2.02. The molecule has 0 bridgehead atoms. The number of nitrogens with zero attached hydrogens (tertiary/aromatic N) is 2. The van der Waals surface area contributed by atoms with E-state index in [1.807, 2.05) is 0 Å². The van der Waals surface area contributed by atoms with Crippen molar-refractivity contribution in [3.8, 4) is 0 Å². The van der Waals surface area contributed by atoms with Gasteiger partial charge in [-0.2, -0.15) is 5.10 Å². The first kappa shape index (κ1) is 9.44. The molecule has 0 aliphatic rings. The van der Waals surface area contributed by atoms with E-state index in [1.165, 1.54) is 7.05 Å². The molecule has 70 valence electrons. The highest BCUT2D eigenvalue weighted by atomic mass is 16.4. The average Bonchev–Trinajstić information content (AvgIpc) is 2.08. The maximum absolute atomic E-state index is 11.0. The zero-order chi connectivity index (χ0) is 10.0. The van der Waals surface area contributed by atoms with Crippen molar-refractivity contribution in [1.82, 2.24) is 9.78 Å². The van der Waals surface area contributed by atoms with Crippen molar-refractivity contribution >= 4 is 5.97 Å². The Labute approximate surface area is 74.6 Å². The van der Waals surface area contributed by atoms with E-state index in [2.05, 4.69) is 5.10 Å². The van der Waals surface area contributed by atoms with Crippen LogP contribution in [0.1, 0.15) is 23.0 Å². The van der Waals surface area contributed by atoms with E-state index in [1.54, 1.807) is 6.92 Å². The first-order valence-corrected chi connectivity index (χ1v) is 3.86. The number of aromatic nitrogens is 2. The van der Waals surface area contributed by atoms with Gasteiger partial charge in [0.15, 0.2) is 0 Å². The molecular weight excluding hydrogens is 172 g/mol. The van der Waals surface area contributed by atoms with Crippen LogP contribution in [0.4, 0.5) is 0 Å². The third-order valence-corrected chi connectivity index (χ3v) is 1.73. The normalized spacial score (nSPS) is 10.0. The van der Waals surface area contributed by atoms with Crippen molar-refractivity contribution in [2.45, 2.75) is 13.3 Å². The van der Waals surface area contributed by atoms with Crippen LogP contribution in [-0.2, 0) is 13.5 Å². The van der Waals surface area contributed by atoms with Crippen molar-refractivity contribution in [2.24, 2.45) is 7.05 Å². The minimum Gasteiger partial charge on any atom is -0.478 e. The van der Waals surface area contributed by atoms with Gasteiger partial charge in [-0.3, -0.25) is 4.79 Å². The topological polar surface area (TPSA) is 72.2 Å². The van der Waals surface area contributed by atoms with E-state index in [4.69, 9.17) is 5.11 Å². The zero-order valence-corrected chi connectivity index (χ0v) is 7.44. The summed E-state index contributed by atoms with van der Waals surface area (Å²) < 4.78 is 1.13. The van der Waals surface area contributed by atoms with Crippen LogP contribution in [-0.4, -0.2) is 20.9 Å². The largest absolute Gasteiger partial charge is 0.478 e. The fourth-order valence-electron chi connectivity index (χ4n) is 1.03. The van der Waals surface area contributed by atoms with Gasteiger partial charge in [-0.05, 0) is 6.42 Å². The van der Waals surface area contributed by atoms with E-state index in [0.717, 1.165) is 10.7 Å². The summed E-state index contributed by atoms with van der Waals surface area (Å²) in [6.07, 6.45) is 0.496. The van der Waals surface area contributed by atoms with Gasteiger partial charge in [0.2, 0.25) is 0 Å². The molecule has 0 aromatic carbocycles. The van der Waals surface area contributed by atoms with Crippen molar-refractivity contribution in [2.75, 3.05) is 0 Å². The number of hydrogen-bond donors (Lipinski definition) is 1. The smallest absolute Gasteiger partial charge is 0.337 e. The second-order valence-electron chi connectivity index (χ2n) is 2.63. The summed E-state index contributed by atoms with van der Waals surface area (Å²) in [6, 6.07) is 1.09. The van der Waals surface area contributed by atoms with Crippen LogP contribution in [0.5, 0.6) is 0 Å². The predicted molar refractivity (Wildman–Crippen MR) is 45.8 cm³/mol. The van der Waals surface area contributed by atoms with Crippen LogP contribution in [0.3, 0.4) is 0 Å². The molecule has 1 aromatic rings. The highest BCUT2D eigenvalue weighted by molar-refractivity contribution is 5.88. The SMILES string of the molecule is CCc1nn(C)c(=O)cc1C(=O)O. The molecule has 13 heavy (non-hydrogen) atoms. The Morgan fingerprint density at radius 1 is 1.69 bits per heavy atom. The third-order valence-electron chi connectivity index (χ3n) is 1.73. The van der Waals surface area contributed by atoms with Crippen molar-refractivity contribution in [1.29, 1.82) is 0 Å². The molecular formula is C8H10N2O3. The summed E-state index contributed by atoms with van der Waals surface area (Å²) in [4.78, 5) is 21.7. The summed E-state index contributed by atoms with van der Waals surface area (Å²) in [6.45, 7) is 1.79. The molecule has 0 spiro atoms. The molecule has 1 heterocycles. The lowest BCUT2D eigenvalue weighted by Crippen LogP contribution is -2.23. The third kappa shape index (κ3) is 1.74. The number of hydrogen-bond acceptors (Lipinski definition) is 3. The van der Waals surface area contributed by atoms with E-state index in [9.17, 15) is 9.59 Å². The Morgan fingerprint density at radius 3 is 2.77 bits per heavy atom. The molecule has 1 rings (SSSR count). The lowest BCUT2D eigenvalue weighted by atomic mass is 10.2. The van der Waals surface area contributed by atoms with Crippen LogP contribution >= 0.6 is 0 Å². The van der Waals surface area contributed by atoms with Crippen molar-refractivity contribution < 1.29 is 9.90 Å². The van der Waals surface area contributed by atoms with Gasteiger partial charge in [-0.1, -0.05) is 6.92 Å². The summed E-state index contributed by atoms with van der Waals surface area (Å²) in [7, 11) is 1.49. The Morgan fingerprint density at radius 2 is 2.31 bits per heavy atom. The molecule has 0 atom stereocenters. The second-order valence-corrected chi connectivity index (χ2v) is 2.63. The maximum Gasteiger partial charge on any atom is 0.337 e. The van der Waals surface area contributed by atoms with Crippen LogP contribution in [0.25, 0.3) is 0 Å². The molecule has 0 unspecified atom stereocenters. The fraction of sp³-hybridized carbons (Fsp3) is 0.375. The lowest BCUT2D eigenvalue weighted by Gasteiger charge is -2.03. The Hall–Kier alpha value is -1.65. The molecule has 0 saturated heterocycles. The average molecular weight is 182 g/mol. The summed E-state index contributed by atoms with van der Waals surface area (Å²) in [5.74, 6) is -1.11. The molecule has 0 fully saturated rings. The number of carbonyl (C=O) groups is 1. The molecule has 0 aliphatic carbocycles. The van der Waals surface area contributed by atoms with Gasteiger partial charge in [0.05, 0.1) is 11.3 Å². The quantitative estimate of drug-likeness (QED) is 0.701. The molecule has 5 heteroatoms. The van der Waals surface area contributed by atoms with Crippen LogP contribution in [0, 0.1) is 0 Å². The Bertz CT molecular complexity index is 395. The minimum atomic E-state index is -1.11. The zero-order valence-electron chi connectivity index (χ0n) is 7.44.